The van der Waals surface area contributed by atoms with Gasteiger partial charge in [-0.25, -0.2) is 4.79 Å². The van der Waals surface area contributed by atoms with Crippen LogP contribution in [0.3, 0.4) is 0 Å². The van der Waals surface area contributed by atoms with Gasteiger partial charge in [0.25, 0.3) is 0 Å². The summed E-state index contributed by atoms with van der Waals surface area (Å²) >= 11 is 1.34. The number of alkyl halides is 3. The minimum Gasteiger partial charge on any atom is -0.444 e. The number of carbonyl (C=O) groups excluding carboxylic acids is 1. The molecule has 0 aliphatic carbocycles. The SMILES string of the molecule is CC(C)(C)OC(=O)Nc1cscc1-c1ccc(C(F)(F)F)cc1. The fraction of sp³-hybridized carbons (Fsp3) is 0.312. The van der Waals surface area contributed by atoms with Crippen LogP contribution in [0.2, 0.25) is 0 Å². The van der Waals surface area contributed by atoms with Crippen molar-refractivity contribution in [2.75, 3.05) is 5.32 Å². The third-order valence-electron chi connectivity index (χ3n) is 2.82. The molecule has 2 rings (SSSR count). The van der Waals surface area contributed by atoms with Gasteiger partial charge in [-0.1, -0.05) is 12.1 Å². The van der Waals surface area contributed by atoms with Crippen molar-refractivity contribution in [2.45, 2.75) is 32.5 Å². The highest BCUT2D eigenvalue weighted by atomic mass is 32.1. The lowest BCUT2D eigenvalue weighted by Gasteiger charge is -2.19. The van der Waals surface area contributed by atoms with Crippen LogP contribution in [0.15, 0.2) is 35.0 Å². The number of hydrogen-bond donors (Lipinski definition) is 1. The van der Waals surface area contributed by atoms with Gasteiger partial charge in [0.15, 0.2) is 0 Å². The molecule has 124 valence electrons. The predicted octanol–water partition coefficient (Wildman–Crippen LogP) is 5.78. The Bertz CT molecular complexity index is 685. The minimum absolute atomic E-state index is 0.504. The topological polar surface area (TPSA) is 38.3 Å². The molecule has 1 aromatic heterocycles. The molecule has 0 aliphatic rings. The zero-order valence-corrected chi connectivity index (χ0v) is 13.6. The van der Waals surface area contributed by atoms with Gasteiger partial charge < -0.3 is 4.74 Å². The summed E-state index contributed by atoms with van der Waals surface area (Å²) in [7, 11) is 0. The Hall–Kier alpha value is -2.02. The first kappa shape index (κ1) is 17.3. The van der Waals surface area contributed by atoms with Crippen LogP contribution in [-0.4, -0.2) is 11.7 Å². The van der Waals surface area contributed by atoms with Crippen molar-refractivity contribution in [3.63, 3.8) is 0 Å². The molecule has 0 fully saturated rings. The summed E-state index contributed by atoms with van der Waals surface area (Å²) in [5.41, 5.74) is 0.399. The number of ether oxygens (including phenoxy) is 1. The highest BCUT2D eigenvalue weighted by molar-refractivity contribution is 7.08. The average Bonchev–Trinajstić information content (AvgIpc) is 2.83. The van der Waals surface area contributed by atoms with Crippen molar-refractivity contribution in [3.05, 3.63) is 40.6 Å². The summed E-state index contributed by atoms with van der Waals surface area (Å²) in [4.78, 5) is 11.8. The summed E-state index contributed by atoms with van der Waals surface area (Å²) in [6, 6.07) is 4.80. The molecule has 0 saturated heterocycles. The minimum atomic E-state index is -4.37. The number of benzene rings is 1. The number of anilines is 1. The number of amides is 1. The van der Waals surface area contributed by atoms with Crippen LogP contribution in [-0.2, 0) is 10.9 Å². The van der Waals surface area contributed by atoms with Crippen LogP contribution in [0.1, 0.15) is 26.3 Å². The maximum atomic E-state index is 12.6. The number of hydrogen-bond acceptors (Lipinski definition) is 3. The Labute approximate surface area is 136 Å². The Kier molecular flexibility index (Phi) is 4.70. The van der Waals surface area contributed by atoms with Gasteiger partial charge in [0.1, 0.15) is 5.60 Å². The van der Waals surface area contributed by atoms with Gasteiger partial charge in [-0.2, -0.15) is 13.2 Å². The molecule has 0 radical (unpaired) electrons. The molecule has 23 heavy (non-hydrogen) atoms. The molecular weight excluding hydrogens is 327 g/mol. The molecule has 0 atom stereocenters. The van der Waals surface area contributed by atoms with Gasteiger partial charge in [-0.3, -0.25) is 5.32 Å². The Morgan fingerprint density at radius 3 is 2.22 bits per heavy atom. The van der Waals surface area contributed by atoms with Gasteiger partial charge in [-0.15, -0.1) is 11.3 Å². The molecule has 0 saturated carbocycles. The summed E-state index contributed by atoms with van der Waals surface area (Å²) in [6.07, 6.45) is -4.98. The van der Waals surface area contributed by atoms with Crippen molar-refractivity contribution in [1.29, 1.82) is 0 Å². The number of nitrogens with one attached hydrogen (secondary N) is 1. The molecule has 1 aromatic carbocycles. The molecule has 0 bridgehead atoms. The van der Waals surface area contributed by atoms with Crippen molar-refractivity contribution in [3.8, 4) is 11.1 Å². The quantitative estimate of drug-likeness (QED) is 0.750. The van der Waals surface area contributed by atoms with E-state index in [0.29, 0.717) is 16.8 Å². The number of carbonyl (C=O) groups is 1. The molecule has 1 heterocycles. The summed E-state index contributed by atoms with van der Waals surface area (Å²) in [5.74, 6) is 0. The molecule has 0 aliphatic heterocycles. The van der Waals surface area contributed by atoms with Crippen LogP contribution in [0.25, 0.3) is 11.1 Å². The lowest BCUT2D eigenvalue weighted by molar-refractivity contribution is -0.137. The molecule has 2 aromatic rings. The van der Waals surface area contributed by atoms with E-state index >= 15 is 0 Å². The smallest absolute Gasteiger partial charge is 0.416 e. The van der Waals surface area contributed by atoms with Crippen LogP contribution in [0, 0.1) is 0 Å². The number of thiophene rings is 1. The largest absolute Gasteiger partial charge is 0.444 e. The van der Waals surface area contributed by atoms with Crippen molar-refractivity contribution in [2.24, 2.45) is 0 Å². The Balaban J connectivity index is 2.19. The summed E-state index contributed by atoms with van der Waals surface area (Å²) in [6.45, 7) is 5.24. The lowest BCUT2D eigenvalue weighted by atomic mass is 10.1. The third-order valence-corrected chi connectivity index (χ3v) is 3.56. The first-order valence-corrected chi connectivity index (χ1v) is 7.74. The van der Waals surface area contributed by atoms with Crippen LogP contribution >= 0.6 is 11.3 Å². The Morgan fingerprint density at radius 1 is 1.09 bits per heavy atom. The van der Waals surface area contributed by atoms with E-state index in [9.17, 15) is 18.0 Å². The third kappa shape index (κ3) is 4.72. The van der Waals surface area contributed by atoms with E-state index in [1.165, 1.54) is 23.5 Å². The number of rotatable bonds is 2. The van der Waals surface area contributed by atoms with E-state index in [4.69, 9.17) is 4.74 Å². The molecule has 0 unspecified atom stereocenters. The van der Waals surface area contributed by atoms with Gasteiger partial charge in [0.05, 0.1) is 11.3 Å². The summed E-state index contributed by atoms with van der Waals surface area (Å²) < 4.78 is 43.0. The fourth-order valence-corrected chi connectivity index (χ4v) is 2.66. The summed E-state index contributed by atoms with van der Waals surface area (Å²) in [5, 5.41) is 6.08. The van der Waals surface area contributed by atoms with Gasteiger partial charge in [-0.05, 0) is 38.5 Å². The first-order chi connectivity index (χ1) is 10.6. The monoisotopic (exact) mass is 343 g/mol. The second-order valence-electron chi connectivity index (χ2n) is 5.90. The van der Waals surface area contributed by atoms with Gasteiger partial charge >= 0.3 is 12.3 Å². The average molecular weight is 343 g/mol. The van der Waals surface area contributed by atoms with Gasteiger partial charge in [0.2, 0.25) is 0 Å². The second kappa shape index (κ2) is 6.23. The van der Waals surface area contributed by atoms with Crippen molar-refractivity contribution in [1.82, 2.24) is 0 Å². The van der Waals surface area contributed by atoms with E-state index in [0.717, 1.165) is 12.1 Å². The molecule has 7 heteroatoms. The van der Waals surface area contributed by atoms with Crippen molar-refractivity contribution < 1.29 is 22.7 Å². The number of halogens is 3. The molecule has 1 amide bonds. The fourth-order valence-electron chi connectivity index (χ4n) is 1.87. The maximum absolute atomic E-state index is 12.6. The van der Waals surface area contributed by atoms with Crippen molar-refractivity contribution >= 4 is 23.1 Å². The molecular formula is C16H16F3NO2S. The zero-order valence-electron chi connectivity index (χ0n) is 12.8. The standard InChI is InChI=1S/C16H16F3NO2S/c1-15(2,3)22-14(21)20-13-9-23-8-12(13)10-4-6-11(7-5-10)16(17,18)19/h4-9H,1-3H3,(H,20,21). The van der Waals surface area contributed by atoms with E-state index in [1.54, 1.807) is 31.5 Å². The van der Waals surface area contributed by atoms with E-state index in [-0.39, 0.29) is 0 Å². The van der Waals surface area contributed by atoms with Crippen LogP contribution < -0.4 is 5.32 Å². The maximum Gasteiger partial charge on any atom is 0.416 e. The van der Waals surface area contributed by atoms with Crippen LogP contribution in [0.4, 0.5) is 23.7 Å². The van der Waals surface area contributed by atoms with Crippen LogP contribution in [0.5, 0.6) is 0 Å². The predicted molar refractivity (Wildman–Crippen MR) is 84.6 cm³/mol. The normalized spacial score (nSPS) is 12.1. The molecule has 1 N–H and O–H groups in total. The highest BCUT2D eigenvalue weighted by Gasteiger charge is 2.30. The zero-order chi connectivity index (χ0) is 17.3. The van der Waals surface area contributed by atoms with E-state index in [2.05, 4.69) is 5.32 Å². The highest BCUT2D eigenvalue weighted by Crippen LogP contribution is 2.35. The van der Waals surface area contributed by atoms with E-state index in [1.807, 2.05) is 0 Å². The molecule has 3 nitrogen and oxygen atoms in total. The first-order valence-electron chi connectivity index (χ1n) is 6.80. The van der Waals surface area contributed by atoms with Gasteiger partial charge in [0, 0.05) is 16.3 Å². The lowest BCUT2D eigenvalue weighted by Crippen LogP contribution is -2.27. The molecule has 0 spiro atoms. The second-order valence-corrected chi connectivity index (χ2v) is 6.64. The van der Waals surface area contributed by atoms with E-state index < -0.39 is 23.4 Å². The Morgan fingerprint density at radius 2 is 1.70 bits per heavy atom.